The Labute approximate surface area is 92.3 Å². The molecule has 0 heterocycles. The molecule has 1 saturated carbocycles. The Morgan fingerprint density at radius 3 is 2.67 bits per heavy atom. The van der Waals surface area contributed by atoms with Crippen molar-refractivity contribution < 1.29 is 13.2 Å². The predicted octanol–water partition coefficient (Wildman–Crippen LogP) is 0.577. The van der Waals surface area contributed by atoms with Gasteiger partial charge in [-0.3, -0.25) is 0 Å². The molecule has 90 valence electrons. The maximum absolute atomic E-state index is 11.5. The van der Waals surface area contributed by atoms with Crippen molar-refractivity contribution in [1.82, 2.24) is 5.32 Å². The highest BCUT2D eigenvalue weighted by molar-refractivity contribution is 7.91. The summed E-state index contributed by atoms with van der Waals surface area (Å²) in [5.41, 5.74) is 0. The van der Waals surface area contributed by atoms with E-state index in [1.807, 2.05) is 6.92 Å². The van der Waals surface area contributed by atoms with Crippen LogP contribution in [0.4, 0.5) is 0 Å². The summed E-state index contributed by atoms with van der Waals surface area (Å²) in [6.07, 6.45) is 4.07. The number of sulfone groups is 1. The zero-order valence-corrected chi connectivity index (χ0v) is 10.5. The maximum atomic E-state index is 11.5. The van der Waals surface area contributed by atoms with E-state index < -0.39 is 9.84 Å². The lowest BCUT2D eigenvalue weighted by Gasteiger charge is -2.23. The lowest BCUT2D eigenvalue weighted by atomic mass is 10.2. The number of hydrogen-bond donors (Lipinski definition) is 1. The van der Waals surface area contributed by atoms with E-state index in [1.54, 1.807) is 7.11 Å². The summed E-state index contributed by atoms with van der Waals surface area (Å²) in [5, 5.41) is 3.12. The Balaban J connectivity index is 2.54. The Kier molecular flexibility index (Phi) is 4.55. The standard InChI is InChI=1S/C10H21NO3S/c1-8(7-14-2)11-9-5-4-6-10(9)15(3,12)13/h8-11H,4-7H2,1-3H3. The van der Waals surface area contributed by atoms with Gasteiger partial charge in [0.1, 0.15) is 0 Å². The van der Waals surface area contributed by atoms with Crippen LogP contribution in [-0.4, -0.2) is 45.7 Å². The highest BCUT2D eigenvalue weighted by Crippen LogP contribution is 2.25. The van der Waals surface area contributed by atoms with Crippen molar-refractivity contribution in [3.8, 4) is 0 Å². The Hall–Kier alpha value is -0.130. The lowest BCUT2D eigenvalue weighted by molar-refractivity contribution is 0.167. The van der Waals surface area contributed by atoms with E-state index in [4.69, 9.17) is 4.74 Å². The first-order valence-electron chi connectivity index (χ1n) is 5.39. The molecule has 1 rings (SSSR count). The highest BCUT2D eigenvalue weighted by Gasteiger charge is 2.35. The molecule has 1 aliphatic carbocycles. The fourth-order valence-electron chi connectivity index (χ4n) is 2.29. The van der Waals surface area contributed by atoms with E-state index >= 15 is 0 Å². The molecule has 3 unspecified atom stereocenters. The van der Waals surface area contributed by atoms with E-state index in [9.17, 15) is 8.42 Å². The summed E-state index contributed by atoms with van der Waals surface area (Å²) in [6, 6.07) is 0.312. The van der Waals surface area contributed by atoms with Gasteiger partial charge in [0.05, 0.1) is 11.9 Å². The molecule has 15 heavy (non-hydrogen) atoms. The second-order valence-corrected chi connectivity index (χ2v) is 6.69. The van der Waals surface area contributed by atoms with E-state index in [0.29, 0.717) is 6.61 Å². The average Bonchev–Trinajstić information content (AvgIpc) is 2.51. The van der Waals surface area contributed by atoms with Crippen LogP contribution in [0.25, 0.3) is 0 Å². The van der Waals surface area contributed by atoms with Crippen molar-refractivity contribution in [3.63, 3.8) is 0 Å². The molecular formula is C10H21NO3S. The van der Waals surface area contributed by atoms with E-state index in [1.165, 1.54) is 6.26 Å². The minimum atomic E-state index is -2.92. The van der Waals surface area contributed by atoms with Crippen molar-refractivity contribution in [2.45, 2.75) is 43.5 Å². The third-order valence-electron chi connectivity index (χ3n) is 2.92. The molecule has 0 aliphatic heterocycles. The molecule has 0 aromatic rings. The largest absolute Gasteiger partial charge is 0.383 e. The van der Waals surface area contributed by atoms with Gasteiger partial charge in [-0.2, -0.15) is 0 Å². The van der Waals surface area contributed by atoms with Crippen LogP contribution in [0.3, 0.4) is 0 Å². The first-order valence-corrected chi connectivity index (χ1v) is 7.34. The van der Waals surface area contributed by atoms with Gasteiger partial charge in [-0.15, -0.1) is 0 Å². The summed E-state index contributed by atoms with van der Waals surface area (Å²) in [7, 11) is -1.26. The van der Waals surface area contributed by atoms with Crippen molar-refractivity contribution in [2.75, 3.05) is 20.0 Å². The van der Waals surface area contributed by atoms with Crippen molar-refractivity contribution >= 4 is 9.84 Å². The maximum Gasteiger partial charge on any atom is 0.151 e. The number of ether oxygens (including phenoxy) is 1. The van der Waals surface area contributed by atoms with Gasteiger partial charge in [0, 0.05) is 25.4 Å². The van der Waals surface area contributed by atoms with Crippen molar-refractivity contribution in [1.29, 1.82) is 0 Å². The van der Waals surface area contributed by atoms with Gasteiger partial charge in [0.15, 0.2) is 9.84 Å². The third-order valence-corrected chi connectivity index (χ3v) is 4.58. The molecule has 1 fully saturated rings. The monoisotopic (exact) mass is 235 g/mol. The van der Waals surface area contributed by atoms with Gasteiger partial charge in [-0.1, -0.05) is 6.42 Å². The predicted molar refractivity (Wildman–Crippen MR) is 60.7 cm³/mol. The van der Waals surface area contributed by atoms with Crippen LogP contribution in [0, 0.1) is 0 Å². The Morgan fingerprint density at radius 2 is 2.13 bits per heavy atom. The molecular weight excluding hydrogens is 214 g/mol. The van der Waals surface area contributed by atoms with Crippen LogP contribution >= 0.6 is 0 Å². The number of nitrogens with one attached hydrogen (secondary N) is 1. The van der Waals surface area contributed by atoms with Crippen LogP contribution in [0.15, 0.2) is 0 Å². The second-order valence-electron chi connectivity index (χ2n) is 4.43. The van der Waals surface area contributed by atoms with Gasteiger partial charge in [0.25, 0.3) is 0 Å². The smallest absolute Gasteiger partial charge is 0.151 e. The molecule has 3 atom stereocenters. The first kappa shape index (κ1) is 12.9. The zero-order chi connectivity index (χ0) is 11.5. The molecule has 0 amide bonds. The molecule has 1 aliphatic rings. The fourth-order valence-corrected chi connectivity index (χ4v) is 3.70. The normalized spacial score (nSPS) is 29.3. The molecule has 0 aromatic carbocycles. The van der Waals surface area contributed by atoms with Crippen LogP contribution < -0.4 is 5.32 Å². The SMILES string of the molecule is COCC(C)NC1CCCC1S(C)(=O)=O. The van der Waals surface area contributed by atoms with E-state index in [2.05, 4.69) is 5.32 Å². The summed E-state index contributed by atoms with van der Waals surface area (Å²) in [4.78, 5) is 0. The molecule has 0 radical (unpaired) electrons. The molecule has 0 saturated heterocycles. The van der Waals surface area contributed by atoms with Gasteiger partial charge in [-0.25, -0.2) is 8.42 Å². The van der Waals surface area contributed by atoms with Crippen molar-refractivity contribution in [2.24, 2.45) is 0 Å². The molecule has 0 spiro atoms. The van der Waals surface area contributed by atoms with Crippen LogP contribution in [0.1, 0.15) is 26.2 Å². The first-order chi connectivity index (χ1) is 6.95. The van der Waals surface area contributed by atoms with Crippen LogP contribution in [-0.2, 0) is 14.6 Å². The van der Waals surface area contributed by atoms with Crippen molar-refractivity contribution in [3.05, 3.63) is 0 Å². The third kappa shape index (κ3) is 3.74. The summed E-state index contributed by atoms with van der Waals surface area (Å²) < 4.78 is 28.0. The van der Waals surface area contributed by atoms with Crippen LogP contribution in [0.5, 0.6) is 0 Å². The van der Waals surface area contributed by atoms with Crippen LogP contribution in [0.2, 0.25) is 0 Å². The topological polar surface area (TPSA) is 55.4 Å². The van der Waals surface area contributed by atoms with Gasteiger partial charge in [0.2, 0.25) is 0 Å². The van der Waals surface area contributed by atoms with Gasteiger partial charge >= 0.3 is 0 Å². The minimum absolute atomic E-state index is 0.102. The highest BCUT2D eigenvalue weighted by atomic mass is 32.2. The minimum Gasteiger partial charge on any atom is -0.383 e. The molecule has 1 N–H and O–H groups in total. The summed E-state index contributed by atoms with van der Waals surface area (Å²) in [5.74, 6) is 0. The molecule has 4 nitrogen and oxygen atoms in total. The van der Waals surface area contributed by atoms with Gasteiger partial charge in [-0.05, 0) is 19.8 Å². The Morgan fingerprint density at radius 1 is 1.47 bits per heavy atom. The van der Waals surface area contributed by atoms with E-state index in [-0.39, 0.29) is 17.3 Å². The summed E-state index contributed by atoms with van der Waals surface area (Å²) >= 11 is 0. The molecule has 5 heteroatoms. The average molecular weight is 235 g/mol. The number of hydrogen-bond acceptors (Lipinski definition) is 4. The van der Waals surface area contributed by atoms with E-state index in [0.717, 1.165) is 19.3 Å². The quantitative estimate of drug-likeness (QED) is 0.757. The second kappa shape index (κ2) is 5.27. The lowest BCUT2D eigenvalue weighted by Crippen LogP contribution is -2.45. The number of methoxy groups -OCH3 is 1. The zero-order valence-electron chi connectivity index (χ0n) is 9.69. The molecule has 0 bridgehead atoms. The Bertz CT molecular complexity index is 289. The number of rotatable bonds is 5. The fraction of sp³-hybridized carbons (Fsp3) is 1.00. The molecule has 0 aromatic heterocycles. The van der Waals surface area contributed by atoms with Gasteiger partial charge < -0.3 is 10.1 Å². The summed E-state index contributed by atoms with van der Waals surface area (Å²) in [6.45, 7) is 2.63.